The van der Waals surface area contributed by atoms with Gasteiger partial charge in [0, 0.05) is 0 Å². The Bertz CT molecular complexity index is 401. The van der Waals surface area contributed by atoms with Crippen LogP contribution in [0.3, 0.4) is 0 Å². The van der Waals surface area contributed by atoms with Crippen LogP contribution in [0.25, 0.3) is 0 Å². The Kier molecular flexibility index (Phi) is 6.87. The third kappa shape index (κ3) is 3.86. The zero-order valence-electron chi connectivity index (χ0n) is 13.1. The molecule has 2 saturated heterocycles. The number of nitrogens with two attached hydrogens (primary N) is 1. The minimum absolute atomic E-state index is 0.285. The minimum Gasteiger partial charge on any atom is -0.394 e. The van der Waals surface area contributed by atoms with Crippen molar-refractivity contribution < 1.29 is 49.6 Å². The van der Waals surface area contributed by atoms with Gasteiger partial charge in [-0.1, -0.05) is 0 Å². The van der Waals surface area contributed by atoms with Gasteiger partial charge < -0.3 is 55.3 Å². The van der Waals surface area contributed by atoms with Gasteiger partial charge in [-0.05, 0) is 6.92 Å². The first-order chi connectivity index (χ1) is 11.3. The summed E-state index contributed by atoms with van der Waals surface area (Å²) in [7, 11) is 0. The van der Waals surface area contributed by atoms with Gasteiger partial charge in [-0.15, -0.1) is 0 Å². The molecule has 4 unspecified atom stereocenters. The first-order valence-electron chi connectivity index (χ1n) is 7.61. The van der Waals surface area contributed by atoms with Gasteiger partial charge in [0.05, 0.1) is 19.4 Å². The highest BCUT2D eigenvalue weighted by molar-refractivity contribution is 4.93. The SMILES string of the molecule is CC1O[C@@H](O[C@@H]2C(O)[C@H](OCN)OC(CO)[C@H]2O)[C@@H](O)C(O)[C@H]1O. The highest BCUT2D eigenvalue weighted by Gasteiger charge is 2.50. The normalized spacial score (nSPS) is 50.0. The lowest BCUT2D eigenvalue weighted by Crippen LogP contribution is -2.64. The highest BCUT2D eigenvalue weighted by Crippen LogP contribution is 2.29. The van der Waals surface area contributed by atoms with Crippen LogP contribution >= 0.6 is 0 Å². The maximum absolute atomic E-state index is 10.2. The summed E-state index contributed by atoms with van der Waals surface area (Å²) in [6, 6.07) is 0. The lowest BCUT2D eigenvalue weighted by atomic mass is 9.97. The molecule has 0 aromatic carbocycles. The molecule has 0 aliphatic carbocycles. The van der Waals surface area contributed by atoms with E-state index in [1.54, 1.807) is 0 Å². The van der Waals surface area contributed by atoms with Crippen LogP contribution < -0.4 is 5.73 Å². The summed E-state index contributed by atoms with van der Waals surface area (Å²) in [6.07, 6.45) is -13.4. The van der Waals surface area contributed by atoms with E-state index in [4.69, 9.17) is 24.7 Å². The van der Waals surface area contributed by atoms with Crippen LogP contribution in [0, 0.1) is 0 Å². The lowest BCUT2D eigenvalue weighted by Gasteiger charge is -2.45. The second-order valence-electron chi connectivity index (χ2n) is 5.82. The molecule has 0 bridgehead atoms. The van der Waals surface area contributed by atoms with Crippen LogP contribution in [0.5, 0.6) is 0 Å². The monoisotopic (exact) mass is 355 g/mol. The molecule has 11 heteroatoms. The number of hydrogen-bond donors (Lipinski definition) is 7. The van der Waals surface area contributed by atoms with Gasteiger partial charge in [-0.25, -0.2) is 0 Å². The molecule has 2 aliphatic rings. The van der Waals surface area contributed by atoms with Gasteiger partial charge in [-0.3, -0.25) is 0 Å². The summed E-state index contributed by atoms with van der Waals surface area (Å²) in [5, 5.41) is 59.1. The van der Waals surface area contributed by atoms with E-state index in [9.17, 15) is 30.6 Å². The molecule has 11 nitrogen and oxygen atoms in total. The zero-order chi connectivity index (χ0) is 18.0. The van der Waals surface area contributed by atoms with E-state index < -0.39 is 68.0 Å². The quantitative estimate of drug-likeness (QED) is 0.236. The highest BCUT2D eigenvalue weighted by atomic mass is 16.7. The molecule has 0 spiro atoms. The molecule has 10 atom stereocenters. The van der Waals surface area contributed by atoms with E-state index in [2.05, 4.69) is 0 Å². The molecular weight excluding hydrogens is 330 g/mol. The Morgan fingerprint density at radius 1 is 0.875 bits per heavy atom. The van der Waals surface area contributed by atoms with Gasteiger partial charge in [0.25, 0.3) is 0 Å². The van der Waals surface area contributed by atoms with E-state index in [0.717, 1.165) is 0 Å². The molecule has 0 aromatic heterocycles. The molecule has 0 aromatic rings. The van der Waals surface area contributed by atoms with E-state index in [0.29, 0.717) is 0 Å². The van der Waals surface area contributed by atoms with Crippen LogP contribution in [0.4, 0.5) is 0 Å². The van der Waals surface area contributed by atoms with Gasteiger partial charge in [-0.2, -0.15) is 0 Å². The number of ether oxygens (including phenoxy) is 4. The van der Waals surface area contributed by atoms with Gasteiger partial charge in [0.1, 0.15) is 42.7 Å². The summed E-state index contributed by atoms with van der Waals surface area (Å²) < 4.78 is 20.9. The lowest BCUT2D eigenvalue weighted by molar-refractivity contribution is -0.357. The smallest absolute Gasteiger partial charge is 0.188 e. The third-order valence-corrected chi connectivity index (χ3v) is 4.18. The fourth-order valence-electron chi connectivity index (χ4n) is 2.73. The topological polar surface area (TPSA) is 184 Å². The van der Waals surface area contributed by atoms with Gasteiger partial charge >= 0.3 is 0 Å². The summed E-state index contributed by atoms with van der Waals surface area (Å²) in [4.78, 5) is 0. The van der Waals surface area contributed by atoms with Crippen molar-refractivity contribution in [1.82, 2.24) is 0 Å². The Morgan fingerprint density at radius 3 is 2.12 bits per heavy atom. The van der Waals surface area contributed by atoms with Crippen molar-refractivity contribution >= 4 is 0 Å². The van der Waals surface area contributed by atoms with Crippen LogP contribution in [-0.4, -0.2) is 105 Å². The molecule has 8 N–H and O–H groups in total. The second kappa shape index (κ2) is 8.29. The molecule has 0 radical (unpaired) electrons. The Morgan fingerprint density at radius 2 is 1.54 bits per heavy atom. The van der Waals surface area contributed by atoms with Crippen LogP contribution in [0.15, 0.2) is 0 Å². The molecular formula is C13H25NO10. The van der Waals surface area contributed by atoms with Crippen molar-refractivity contribution in [2.75, 3.05) is 13.3 Å². The predicted molar refractivity (Wildman–Crippen MR) is 75.1 cm³/mol. The molecule has 2 heterocycles. The Labute approximate surface area is 138 Å². The molecule has 2 fully saturated rings. The van der Waals surface area contributed by atoms with Crippen molar-refractivity contribution in [3.63, 3.8) is 0 Å². The summed E-state index contributed by atoms with van der Waals surface area (Å²) in [5.41, 5.74) is 5.24. The number of aliphatic hydroxyl groups is 6. The van der Waals surface area contributed by atoms with E-state index in [-0.39, 0.29) is 6.73 Å². The summed E-state index contributed by atoms with van der Waals surface area (Å²) in [6.45, 7) is 0.598. The second-order valence-corrected chi connectivity index (χ2v) is 5.82. The molecule has 2 aliphatic heterocycles. The van der Waals surface area contributed by atoms with Crippen molar-refractivity contribution in [3.05, 3.63) is 0 Å². The number of rotatable bonds is 5. The summed E-state index contributed by atoms with van der Waals surface area (Å²) >= 11 is 0. The van der Waals surface area contributed by atoms with Gasteiger partial charge in [0.2, 0.25) is 0 Å². The number of aliphatic hydroxyl groups excluding tert-OH is 6. The van der Waals surface area contributed by atoms with Gasteiger partial charge in [0.15, 0.2) is 12.6 Å². The van der Waals surface area contributed by atoms with Crippen LogP contribution in [0.1, 0.15) is 6.92 Å². The van der Waals surface area contributed by atoms with E-state index in [1.165, 1.54) is 6.92 Å². The fourth-order valence-corrected chi connectivity index (χ4v) is 2.73. The van der Waals surface area contributed by atoms with Crippen molar-refractivity contribution in [2.24, 2.45) is 5.73 Å². The maximum atomic E-state index is 10.2. The van der Waals surface area contributed by atoms with Crippen molar-refractivity contribution in [3.8, 4) is 0 Å². The summed E-state index contributed by atoms with van der Waals surface area (Å²) in [5.74, 6) is 0. The number of hydrogen-bond acceptors (Lipinski definition) is 11. The predicted octanol–water partition coefficient (Wildman–Crippen LogP) is -4.43. The third-order valence-electron chi connectivity index (χ3n) is 4.18. The molecule has 0 saturated carbocycles. The molecule has 0 amide bonds. The zero-order valence-corrected chi connectivity index (χ0v) is 13.1. The largest absolute Gasteiger partial charge is 0.394 e. The molecule has 24 heavy (non-hydrogen) atoms. The first kappa shape index (κ1) is 19.9. The average Bonchev–Trinajstić information content (AvgIpc) is 2.56. The Balaban J connectivity index is 2.12. The maximum Gasteiger partial charge on any atom is 0.188 e. The standard InChI is InChI=1S/C13H25NO10/c1-4-6(16)8(18)9(19)13(22-4)24-11-7(17)5(2-15)23-12(10(11)20)21-3-14/h4-13,15-20H,2-3,14H2,1H3/t4?,5?,6-,7+,8?,9-,10?,11-,12+,13-/m0/s1. The fraction of sp³-hybridized carbons (Fsp3) is 1.00. The first-order valence-corrected chi connectivity index (χ1v) is 7.61. The van der Waals surface area contributed by atoms with E-state index in [1.807, 2.05) is 0 Å². The van der Waals surface area contributed by atoms with Crippen LogP contribution in [0.2, 0.25) is 0 Å². The van der Waals surface area contributed by atoms with Crippen LogP contribution in [-0.2, 0) is 18.9 Å². The average molecular weight is 355 g/mol. The minimum atomic E-state index is -1.61. The molecule has 2 rings (SSSR count). The molecule has 142 valence electrons. The van der Waals surface area contributed by atoms with Crippen molar-refractivity contribution in [2.45, 2.75) is 68.3 Å². The Hall–Kier alpha value is -0.440. The van der Waals surface area contributed by atoms with Crippen molar-refractivity contribution in [1.29, 1.82) is 0 Å². The van der Waals surface area contributed by atoms with E-state index >= 15 is 0 Å².